The summed E-state index contributed by atoms with van der Waals surface area (Å²) in [5.74, 6) is 0.0745. The number of anilines is 1. The number of nitrogens with one attached hydrogen (secondary N) is 1. The van der Waals surface area contributed by atoms with Gasteiger partial charge in [-0.1, -0.05) is 0 Å². The summed E-state index contributed by atoms with van der Waals surface area (Å²) in [6, 6.07) is 5.80. The number of ether oxygens (including phenoxy) is 1. The van der Waals surface area contributed by atoms with Crippen molar-refractivity contribution in [2.45, 2.75) is 6.42 Å². The van der Waals surface area contributed by atoms with Gasteiger partial charge in [-0.3, -0.25) is 5.41 Å². The Morgan fingerprint density at radius 2 is 2.24 bits per heavy atom. The fourth-order valence-electron chi connectivity index (χ4n) is 1.54. The zero-order chi connectivity index (χ0) is 12.8. The summed E-state index contributed by atoms with van der Waals surface area (Å²) in [6.45, 7) is 1.69. The predicted octanol–water partition coefficient (Wildman–Crippen LogP) is 2.21. The van der Waals surface area contributed by atoms with E-state index in [1.165, 1.54) is 0 Å². The lowest BCUT2D eigenvalue weighted by atomic mass is 10.2. The molecule has 0 atom stereocenters. The van der Waals surface area contributed by atoms with Crippen LogP contribution in [0.4, 0.5) is 5.69 Å². The lowest BCUT2D eigenvalue weighted by Crippen LogP contribution is -2.20. The van der Waals surface area contributed by atoms with Crippen LogP contribution in [0.5, 0.6) is 0 Å². The SMILES string of the molecule is COCCCN(C)c1ccc(C(=N)N)c(Br)c1. The van der Waals surface area contributed by atoms with Gasteiger partial charge < -0.3 is 15.4 Å². The number of nitrogens with zero attached hydrogens (tertiary/aromatic N) is 1. The maximum Gasteiger partial charge on any atom is 0.123 e. The summed E-state index contributed by atoms with van der Waals surface area (Å²) in [7, 11) is 3.74. The molecule has 17 heavy (non-hydrogen) atoms. The van der Waals surface area contributed by atoms with E-state index in [0.29, 0.717) is 0 Å². The third-order valence-electron chi connectivity index (χ3n) is 2.53. The molecule has 0 spiro atoms. The summed E-state index contributed by atoms with van der Waals surface area (Å²) in [4.78, 5) is 2.15. The lowest BCUT2D eigenvalue weighted by Gasteiger charge is -2.20. The second-order valence-electron chi connectivity index (χ2n) is 3.85. The maximum atomic E-state index is 7.41. The monoisotopic (exact) mass is 299 g/mol. The highest BCUT2D eigenvalue weighted by molar-refractivity contribution is 9.10. The molecular formula is C12H18BrN3O. The molecule has 0 fully saturated rings. The summed E-state index contributed by atoms with van der Waals surface area (Å²) >= 11 is 3.43. The fraction of sp³-hybridized carbons (Fsp3) is 0.417. The Morgan fingerprint density at radius 1 is 1.53 bits per heavy atom. The highest BCUT2D eigenvalue weighted by Gasteiger charge is 2.06. The number of halogens is 1. The van der Waals surface area contributed by atoms with Gasteiger partial charge in [-0.2, -0.15) is 0 Å². The standard InChI is InChI=1S/C12H18BrN3O/c1-16(6-3-7-17-2)9-4-5-10(12(14)15)11(13)8-9/h4-5,8H,3,6-7H2,1-2H3,(H3,14,15). The zero-order valence-corrected chi connectivity index (χ0v) is 11.8. The third-order valence-corrected chi connectivity index (χ3v) is 3.18. The zero-order valence-electron chi connectivity index (χ0n) is 10.2. The Labute approximate surface area is 110 Å². The van der Waals surface area contributed by atoms with Crippen LogP contribution in [-0.4, -0.2) is 33.1 Å². The van der Waals surface area contributed by atoms with E-state index in [4.69, 9.17) is 15.9 Å². The van der Waals surface area contributed by atoms with Gasteiger partial charge in [0, 0.05) is 43.0 Å². The average Bonchev–Trinajstić information content (AvgIpc) is 2.28. The van der Waals surface area contributed by atoms with Crippen LogP contribution in [0.2, 0.25) is 0 Å². The molecular weight excluding hydrogens is 282 g/mol. The van der Waals surface area contributed by atoms with Crippen molar-refractivity contribution in [3.8, 4) is 0 Å². The molecule has 0 bridgehead atoms. The van der Waals surface area contributed by atoms with Crippen molar-refractivity contribution in [2.75, 3.05) is 32.2 Å². The van der Waals surface area contributed by atoms with Crippen molar-refractivity contribution < 1.29 is 4.74 Å². The van der Waals surface area contributed by atoms with Gasteiger partial charge in [-0.05, 0) is 40.5 Å². The molecule has 0 aromatic heterocycles. The normalized spacial score (nSPS) is 10.3. The Balaban J connectivity index is 2.72. The van der Waals surface area contributed by atoms with E-state index in [1.807, 2.05) is 25.2 Å². The molecule has 0 radical (unpaired) electrons. The second-order valence-corrected chi connectivity index (χ2v) is 4.70. The summed E-state index contributed by atoms with van der Waals surface area (Å²) < 4.78 is 5.87. The first-order chi connectivity index (χ1) is 8.06. The fourth-order valence-corrected chi connectivity index (χ4v) is 2.12. The van der Waals surface area contributed by atoms with Crippen LogP contribution in [-0.2, 0) is 4.74 Å². The molecule has 1 aromatic rings. The van der Waals surface area contributed by atoms with E-state index in [1.54, 1.807) is 7.11 Å². The highest BCUT2D eigenvalue weighted by atomic mass is 79.9. The molecule has 1 rings (SSSR count). The maximum absolute atomic E-state index is 7.41. The van der Waals surface area contributed by atoms with Crippen molar-refractivity contribution in [1.29, 1.82) is 5.41 Å². The van der Waals surface area contributed by atoms with E-state index < -0.39 is 0 Å². The Bertz CT molecular complexity index is 395. The number of amidine groups is 1. The molecule has 1 aromatic carbocycles. The molecule has 0 aliphatic carbocycles. The molecule has 4 nitrogen and oxygen atoms in total. The third kappa shape index (κ3) is 4.02. The molecule has 0 aliphatic rings. The van der Waals surface area contributed by atoms with Gasteiger partial charge in [0.25, 0.3) is 0 Å². The smallest absolute Gasteiger partial charge is 0.123 e. The second kappa shape index (κ2) is 6.61. The summed E-state index contributed by atoms with van der Waals surface area (Å²) in [5, 5.41) is 7.41. The predicted molar refractivity (Wildman–Crippen MR) is 74.9 cm³/mol. The highest BCUT2D eigenvalue weighted by Crippen LogP contribution is 2.23. The van der Waals surface area contributed by atoms with Gasteiger partial charge >= 0.3 is 0 Å². The van der Waals surface area contributed by atoms with E-state index in [0.717, 1.165) is 35.3 Å². The van der Waals surface area contributed by atoms with Crippen LogP contribution in [0, 0.1) is 5.41 Å². The van der Waals surface area contributed by atoms with Crippen LogP contribution in [0.15, 0.2) is 22.7 Å². The van der Waals surface area contributed by atoms with Gasteiger partial charge in [0.05, 0.1) is 0 Å². The van der Waals surface area contributed by atoms with E-state index in [9.17, 15) is 0 Å². The van der Waals surface area contributed by atoms with Crippen molar-refractivity contribution in [1.82, 2.24) is 0 Å². The summed E-state index contributed by atoms with van der Waals surface area (Å²) in [5.41, 5.74) is 7.28. The topological polar surface area (TPSA) is 62.3 Å². The van der Waals surface area contributed by atoms with Gasteiger partial charge in [-0.15, -0.1) is 0 Å². The van der Waals surface area contributed by atoms with Crippen molar-refractivity contribution in [2.24, 2.45) is 5.73 Å². The van der Waals surface area contributed by atoms with Crippen molar-refractivity contribution in [3.05, 3.63) is 28.2 Å². The van der Waals surface area contributed by atoms with Gasteiger partial charge in [0.2, 0.25) is 0 Å². The molecule has 3 N–H and O–H groups in total. The van der Waals surface area contributed by atoms with Gasteiger partial charge in [0.15, 0.2) is 0 Å². The van der Waals surface area contributed by atoms with Crippen molar-refractivity contribution >= 4 is 27.5 Å². The largest absolute Gasteiger partial charge is 0.385 e. The molecule has 94 valence electrons. The molecule has 0 unspecified atom stereocenters. The molecule has 0 saturated heterocycles. The minimum atomic E-state index is 0.0745. The van der Waals surface area contributed by atoms with Crippen molar-refractivity contribution in [3.63, 3.8) is 0 Å². The number of nitrogen functional groups attached to an aromatic ring is 1. The van der Waals surface area contributed by atoms with E-state index in [2.05, 4.69) is 20.8 Å². The van der Waals surface area contributed by atoms with Gasteiger partial charge in [0.1, 0.15) is 5.84 Å². The molecule has 0 saturated carbocycles. The Morgan fingerprint density at radius 3 is 2.76 bits per heavy atom. The van der Waals surface area contributed by atoms with Crippen LogP contribution < -0.4 is 10.6 Å². The first-order valence-electron chi connectivity index (χ1n) is 5.40. The number of benzene rings is 1. The van der Waals surface area contributed by atoms with Crippen LogP contribution in [0.25, 0.3) is 0 Å². The molecule has 5 heteroatoms. The number of rotatable bonds is 6. The molecule has 0 aliphatic heterocycles. The first-order valence-corrected chi connectivity index (χ1v) is 6.19. The summed E-state index contributed by atoms with van der Waals surface area (Å²) in [6.07, 6.45) is 0.985. The average molecular weight is 300 g/mol. The Hall–Kier alpha value is -1.07. The quantitative estimate of drug-likeness (QED) is 0.481. The number of methoxy groups -OCH3 is 1. The molecule has 0 heterocycles. The first kappa shape index (κ1) is 14.0. The number of hydrogen-bond acceptors (Lipinski definition) is 3. The van der Waals surface area contributed by atoms with E-state index in [-0.39, 0.29) is 5.84 Å². The van der Waals surface area contributed by atoms with Crippen LogP contribution >= 0.6 is 15.9 Å². The molecule has 0 amide bonds. The number of nitrogens with two attached hydrogens (primary N) is 1. The Kier molecular flexibility index (Phi) is 5.44. The van der Waals surface area contributed by atoms with E-state index >= 15 is 0 Å². The van der Waals surface area contributed by atoms with Crippen LogP contribution in [0.3, 0.4) is 0 Å². The minimum Gasteiger partial charge on any atom is -0.385 e. The lowest BCUT2D eigenvalue weighted by molar-refractivity contribution is 0.196. The number of hydrogen-bond donors (Lipinski definition) is 2. The minimum absolute atomic E-state index is 0.0745. The van der Waals surface area contributed by atoms with Crippen LogP contribution in [0.1, 0.15) is 12.0 Å². The van der Waals surface area contributed by atoms with Gasteiger partial charge in [-0.25, -0.2) is 0 Å².